The molecule has 20 heavy (non-hydrogen) atoms. The number of amidine groups is 1. The fourth-order valence-corrected chi connectivity index (χ4v) is 3.41. The molecule has 0 radical (unpaired) electrons. The summed E-state index contributed by atoms with van der Waals surface area (Å²) in [5.74, 6) is 1.29. The SMILES string of the molecule is c1ccc(C2c3ccccc3CN=C3CCCN32)cc1. The quantitative estimate of drug-likeness (QED) is 0.763. The van der Waals surface area contributed by atoms with Crippen molar-refractivity contribution in [3.05, 3.63) is 71.3 Å². The van der Waals surface area contributed by atoms with E-state index in [0.717, 1.165) is 19.5 Å². The second-order valence-corrected chi connectivity index (χ2v) is 5.54. The van der Waals surface area contributed by atoms with Gasteiger partial charge in [0.1, 0.15) is 5.84 Å². The van der Waals surface area contributed by atoms with Crippen molar-refractivity contribution in [3.8, 4) is 0 Å². The van der Waals surface area contributed by atoms with Crippen LogP contribution in [0.5, 0.6) is 0 Å². The van der Waals surface area contributed by atoms with Crippen LogP contribution in [-0.4, -0.2) is 17.3 Å². The zero-order chi connectivity index (χ0) is 13.4. The van der Waals surface area contributed by atoms with E-state index in [1.807, 2.05) is 0 Å². The molecular weight excluding hydrogens is 244 g/mol. The number of aliphatic imine (C=N–C) groups is 1. The smallest absolute Gasteiger partial charge is 0.100 e. The van der Waals surface area contributed by atoms with Gasteiger partial charge in [-0.05, 0) is 23.1 Å². The molecule has 2 aromatic carbocycles. The molecule has 0 bridgehead atoms. The standard InChI is InChI=1S/C18H18N2/c1-2-7-14(8-3-1)18-16-10-5-4-9-15(16)13-19-17-11-6-12-20(17)18/h1-5,7-10,18H,6,11-13H2. The lowest BCUT2D eigenvalue weighted by Gasteiger charge is -2.30. The van der Waals surface area contributed by atoms with Crippen LogP contribution in [-0.2, 0) is 6.54 Å². The lowest BCUT2D eigenvalue weighted by Crippen LogP contribution is -2.30. The van der Waals surface area contributed by atoms with Crippen LogP contribution in [0.3, 0.4) is 0 Å². The molecule has 1 saturated heterocycles. The van der Waals surface area contributed by atoms with Crippen molar-refractivity contribution in [2.45, 2.75) is 25.4 Å². The lowest BCUT2D eigenvalue weighted by atomic mass is 9.93. The summed E-state index contributed by atoms with van der Waals surface area (Å²) in [6, 6.07) is 19.9. The fourth-order valence-electron chi connectivity index (χ4n) is 3.41. The van der Waals surface area contributed by atoms with Gasteiger partial charge < -0.3 is 4.90 Å². The number of fused-ring (bicyclic) bond motifs is 2. The van der Waals surface area contributed by atoms with Gasteiger partial charge >= 0.3 is 0 Å². The van der Waals surface area contributed by atoms with Crippen molar-refractivity contribution in [2.24, 2.45) is 4.99 Å². The van der Waals surface area contributed by atoms with Gasteiger partial charge in [0.25, 0.3) is 0 Å². The maximum Gasteiger partial charge on any atom is 0.100 e. The minimum atomic E-state index is 0.330. The summed E-state index contributed by atoms with van der Waals surface area (Å²) in [6.45, 7) is 1.94. The van der Waals surface area contributed by atoms with E-state index in [0.29, 0.717) is 6.04 Å². The molecule has 2 nitrogen and oxygen atoms in total. The highest BCUT2D eigenvalue weighted by Crippen LogP contribution is 2.36. The summed E-state index contributed by atoms with van der Waals surface area (Å²) in [5.41, 5.74) is 4.15. The van der Waals surface area contributed by atoms with Crippen LogP contribution in [0.25, 0.3) is 0 Å². The maximum absolute atomic E-state index is 4.84. The van der Waals surface area contributed by atoms with Crippen molar-refractivity contribution in [2.75, 3.05) is 6.54 Å². The average Bonchev–Trinajstić information content (AvgIpc) is 2.90. The van der Waals surface area contributed by atoms with E-state index in [9.17, 15) is 0 Å². The first-order chi connectivity index (χ1) is 9.93. The van der Waals surface area contributed by atoms with Gasteiger partial charge in [-0.3, -0.25) is 4.99 Å². The molecule has 2 heterocycles. The number of hydrogen-bond acceptors (Lipinski definition) is 2. The molecule has 2 heteroatoms. The summed E-state index contributed by atoms with van der Waals surface area (Å²) in [7, 11) is 0. The molecule has 0 amide bonds. The summed E-state index contributed by atoms with van der Waals surface area (Å²) in [6.07, 6.45) is 2.35. The second-order valence-electron chi connectivity index (χ2n) is 5.54. The second kappa shape index (κ2) is 4.78. The minimum Gasteiger partial charge on any atom is -0.349 e. The zero-order valence-electron chi connectivity index (χ0n) is 11.5. The van der Waals surface area contributed by atoms with E-state index in [4.69, 9.17) is 4.99 Å². The summed E-state index contributed by atoms with van der Waals surface area (Å²) in [5, 5.41) is 0. The molecule has 4 rings (SSSR count). The Kier molecular flexibility index (Phi) is 2.80. The Morgan fingerprint density at radius 2 is 1.75 bits per heavy atom. The molecule has 1 fully saturated rings. The fraction of sp³-hybridized carbons (Fsp3) is 0.278. The van der Waals surface area contributed by atoms with Gasteiger partial charge in [-0.1, -0.05) is 54.6 Å². The molecule has 0 spiro atoms. The molecule has 2 aliphatic heterocycles. The van der Waals surface area contributed by atoms with Gasteiger partial charge in [0.2, 0.25) is 0 Å². The Hall–Kier alpha value is -2.09. The van der Waals surface area contributed by atoms with E-state index in [1.165, 1.54) is 28.9 Å². The normalized spacial score (nSPS) is 20.9. The Balaban J connectivity index is 1.90. The molecule has 2 aromatic rings. The van der Waals surface area contributed by atoms with Crippen molar-refractivity contribution in [1.82, 2.24) is 4.90 Å². The summed E-state index contributed by atoms with van der Waals surface area (Å²) >= 11 is 0. The Morgan fingerprint density at radius 3 is 2.65 bits per heavy atom. The van der Waals surface area contributed by atoms with Crippen LogP contribution < -0.4 is 0 Å². The molecule has 100 valence electrons. The zero-order valence-corrected chi connectivity index (χ0v) is 11.5. The van der Waals surface area contributed by atoms with Gasteiger partial charge in [-0.15, -0.1) is 0 Å². The lowest BCUT2D eigenvalue weighted by molar-refractivity contribution is 0.387. The average molecular weight is 262 g/mol. The molecule has 1 atom stereocenters. The van der Waals surface area contributed by atoms with Gasteiger partial charge in [0, 0.05) is 13.0 Å². The Labute approximate surface area is 119 Å². The first kappa shape index (κ1) is 11.7. The van der Waals surface area contributed by atoms with Crippen LogP contribution in [0.4, 0.5) is 0 Å². The minimum absolute atomic E-state index is 0.330. The Bertz CT molecular complexity index is 645. The first-order valence-electron chi connectivity index (χ1n) is 7.36. The number of benzene rings is 2. The van der Waals surface area contributed by atoms with E-state index in [2.05, 4.69) is 59.5 Å². The van der Waals surface area contributed by atoms with E-state index < -0.39 is 0 Å². The van der Waals surface area contributed by atoms with E-state index in [-0.39, 0.29) is 0 Å². The Morgan fingerprint density at radius 1 is 0.950 bits per heavy atom. The molecule has 0 aliphatic carbocycles. The third-order valence-electron chi connectivity index (χ3n) is 4.34. The van der Waals surface area contributed by atoms with E-state index >= 15 is 0 Å². The topological polar surface area (TPSA) is 15.6 Å². The van der Waals surface area contributed by atoms with Crippen molar-refractivity contribution >= 4 is 5.84 Å². The summed E-state index contributed by atoms with van der Waals surface area (Å²) in [4.78, 5) is 7.35. The van der Waals surface area contributed by atoms with Crippen LogP contribution in [0.2, 0.25) is 0 Å². The highest BCUT2D eigenvalue weighted by atomic mass is 15.2. The van der Waals surface area contributed by atoms with Gasteiger partial charge in [0.05, 0.1) is 12.6 Å². The molecular formula is C18H18N2. The molecule has 2 aliphatic rings. The highest BCUT2D eigenvalue weighted by molar-refractivity contribution is 5.85. The van der Waals surface area contributed by atoms with Gasteiger partial charge in [-0.25, -0.2) is 0 Å². The van der Waals surface area contributed by atoms with Gasteiger partial charge in [0.15, 0.2) is 0 Å². The van der Waals surface area contributed by atoms with Crippen LogP contribution in [0.1, 0.15) is 35.6 Å². The third-order valence-corrected chi connectivity index (χ3v) is 4.34. The van der Waals surface area contributed by atoms with Gasteiger partial charge in [-0.2, -0.15) is 0 Å². The number of hydrogen-bond donors (Lipinski definition) is 0. The summed E-state index contributed by atoms with van der Waals surface area (Å²) < 4.78 is 0. The van der Waals surface area contributed by atoms with Crippen molar-refractivity contribution < 1.29 is 0 Å². The highest BCUT2D eigenvalue weighted by Gasteiger charge is 2.31. The first-order valence-corrected chi connectivity index (χ1v) is 7.36. The predicted octanol–water partition coefficient (Wildman–Crippen LogP) is 3.78. The molecule has 0 N–H and O–H groups in total. The number of nitrogens with zero attached hydrogens (tertiary/aromatic N) is 2. The number of rotatable bonds is 1. The molecule has 1 unspecified atom stereocenters. The molecule has 0 saturated carbocycles. The van der Waals surface area contributed by atoms with E-state index in [1.54, 1.807) is 0 Å². The maximum atomic E-state index is 4.84. The predicted molar refractivity (Wildman–Crippen MR) is 81.8 cm³/mol. The molecule has 0 aromatic heterocycles. The third kappa shape index (κ3) is 1.83. The van der Waals surface area contributed by atoms with Crippen molar-refractivity contribution in [1.29, 1.82) is 0 Å². The van der Waals surface area contributed by atoms with Crippen molar-refractivity contribution in [3.63, 3.8) is 0 Å². The monoisotopic (exact) mass is 262 g/mol. The van der Waals surface area contributed by atoms with Crippen LogP contribution in [0.15, 0.2) is 59.6 Å². The van der Waals surface area contributed by atoms with Crippen LogP contribution in [0, 0.1) is 0 Å². The largest absolute Gasteiger partial charge is 0.349 e. The van der Waals surface area contributed by atoms with Crippen LogP contribution >= 0.6 is 0 Å².